The Kier molecular flexibility index (Phi) is 6.81. The predicted octanol–water partition coefficient (Wildman–Crippen LogP) is 3.00. The number of rotatable bonds is 7. The molecule has 0 spiro atoms. The van der Waals surface area contributed by atoms with Crippen molar-refractivity contribution in [2.75, 3.05) is 19.7 Å². The standard InChI is InChI=1S/C20H20BrF2N3O3/c1-13-8-18(29-12-14-2-3-15(22)9-17(14)23)19(21)20(28)26(13)11-16-10-25(6-7-27)5-4-24-16/h2-4,8-10,27H,5-7,11-12H2,1H3. The van der Waals surface area contributed by atoms with E-state index in [0.717, 1.165) is 12.1 Å². The zero-order chi connectivity index (χ0) is 21.0. The van der Waals surface area contributed by atoms with E-state index in [1.165, 1.54) is 6.07 Å². The van der Waals surface area contributed by atoms with Crippen LogP contribution < -0.4 is 10.3 Å². The monoisotopic (exact) mass is 467 g/mol. The third-order valence-corrected chi connectivity index (χ3v) is 5.16. The van der Waals surface area contributed by atoms with Crippen molar-refractivity contribution in [2.24, 2.45) is 4.99 Å². The summed E-state index contributed by atoms with van der Waals surface area (Å²) in [5.41, 5.74) is 1.20. The molecule has 0 saturated heterocycles. The maximum absolute atomic E-state index is 13.8. The molecular formula is C20H20BrF2N3O3. The van der Waals surface area contributed by atoms with E-state index in [4.69, 9.17) is 9.84 Å². The van der Waals surface area contributed by atoms with Gasteiger partial charge in [-0.2, -0.15) is 0 Å². The van der Waals surface area contributed by atoms with Crippen LogP contribution in [0, 0.1) is 18.6 Å². The first-order chi connectivity index (χ1) is 13.9. The Bertz CT molecular complexity index is 1020. The molecule has 0 fully saturated rings. The molecule has 29 heavy (non-hydrogen) atoms. The van der Waals surface area contributed by atoms with Crippen LogP contribution in [0.2, 0.25) is 0 Å². The minimum Gasteiger partial charge on any atom is -0.487 e. The smallest absolute Gasteiger partial charge is 0.269 e. The Labute approximate surface area is 174 Å². The maximum Gasteiger partial charge on any atom is 0.269 e. The summed E-state index contributed by atoms with van der Waals surface area (Å²) in [4.78, 5) is 19.0. The zero-order valence-corrected chi connectivity index (χ0v) is 17.3. The molecule has 2 heterocycles. The predicted molar refractivity (Wildman–Crippen MR) is 109 cm³/mol. The average Bonchev–Trinajstić information content (AvgIpc) is 2.69. The Morgan fingerprint density at radius 1 is 1.31 bits per heavy atom. The fourth-order valence-electron chi connectivity index (χ4n) is 2.90. The summed E-state index contributed by atoms with van der Waals surface area (Å²) in [5.74, 6) is -1.10. The van der Waals surface area contributed by atoms with Crippen molar-refractivity contribution in [1.29, 1.82) is 0 Å². The third kappa shape index (κ3) is 5.10. The van der Waals surface area contributed by atoms with E-state index in [1.807, 2.05) is 11.1 Å². The van der Waals surface area contributed by atoms with Gasteiger partial charge in [0.2, 0.25) is 0 Å². The topological polar surface area (TPSA) is 67.1 Å². The van der Waals surface area contributed by atoms with E-state index in [9.17, 15) is 13.6 Å². The molecule has 2 aromatic rings. The summed E-state index contributed by atoms with van der Waals surface area (Å²) < 4.78 is 34.2. The van der Waals surface area contributed by atoms with E-state index >= 15 is 0 Å². The van der Waals surface area contributed by atoms with Crippen LogP contribution >= 0.6 is 15.9 Å². The van der Waals surface area contributed by atoms with Gasteiger partial charge in [-0.05, 0) is 35.0 Å². The summed E-state index contributed by atoms with van der Waals surface area (Å²) in [7, 11) is 0. The zero-order valence-electron chi connectivity index (χ0n) is 15.7. The van der Waals surface area contributed by atoms with Crippen molar-refractivity contribution in [2.45, 2.75) is 20.1 Å². The molecule has 0 amide bonds. The van der Waals surface area contributed by atoms with Gasteiger partial charge in [-0.15, -0.1) is 0 Å². The lowest BCUT2D eigenvalue weighted by molar-refractivity contribution is 0.246. The number of aliphatic imine (C=N–C) groups is 1. The van der Waals surface area contributed by atoms with Gasteiger partial charge in [0.05, 0.1) is 25.4 Å². The molecule has 0 aliphatic carbocycles. The van der Waals surface area contributed by atoms with E-state index in [0.29, 0.717) is 24.5 Å². The lowest BCUT2D eigenvalue weighted by Crippen LogP contribution is -2.29. The summed E-state index contributed by atoms with van der Waals surface area (Å²) in [6, 6.07) is 4.91. The molecule has 0 bridgehead atoms. The Balaban J connectivity index is 1.79. The van der Waals surface area contributed by atoms with Crippen LogP contribution in [0.15, 0.2) is 50.4 Å². The van der Waals surface area contributed by atoms with Crippen molar-refractivity contribution in [3.63, 3.8) is 0 Å². The number of nitrogens with zero attached hydrogens (tertiary/aromatic N) is 3. The number of halogens is 3. The van der Waals surface area contributed by atoms with Gasteiger partial charge >= 0.3 is 0 Å². The van der Waals surface area contributed by atoms with Crippen molar-refractivity contribution in [3.8, 4) is 5.75 Å². The van der Waals surface area contributed by atoms with Gasteiger partial charge in [0.15, 0.2) is 0 Å². The SMILES string of the molecule is Cc1cc(OCc2ccc(F)cc2F)c(Br)c(=O)n1CC1=CN(CCO)CC=N1. The van der Waals surface area contributed by atoms with Crippen LogP contribution in [0.4, 0.5) is 8.78 Å². The molecule has 0 saturated carbocycles. The maximum atomic E-state index is 13.8. The second-order valence-corrected chi connectivity index (χ2v) is 7.32. The highest BCUT2D eigenvalue weighted by Crippen LogP contribution is 2.24. The number of aliphatic hydroxyl groups excluding tert-OH is 1. The highest BCUT2D eigenvalue weighted by Gasteiger charge is 2.15. The molecule has 1 aromatic carbocycles. The van der Waals surface area contributed by atoms with E-state index in [1.54, 1.807) is 23.8 Å². The molecule has 1 aromatic heterocycles. The molecule has 154 valence electrons. The molecule has 9 heteroatoms. The minimum atomic E-state index is -0.708. The van der Waals surface area contributed by atoms with Crippen LogP contribution in [-0.2, 0) is 13.2 Å². The molecule has 0 atom stereocenters. The number of aryl methyl sites for hydroxylation is 1. The lowest BCUT2D eigenvalue weighted by Gasteiger charge is -2.22. The van der Waals surface area contributed by atoms with Crippen LogP contribution in [0.3, 0.4) is 0 Å². The van der Waals surface area contributed by atoms with Gasteiger partial charge in [-0.25, -0.2) is 8.78 Å². The molecule has 1 N–H and O–H groups in total. The highest BCUT2D eigenvalue weighted by molar-refractivity contribution is 9.10. The van der Waals surface area contributed by atoms with Gasteiger partial charge < -0.3 is 19.3 Å². The highest BCUT2D eigenvalue weighted by atomic mass is 79.9. The number of hydrogen-bond donors (Lipinski definition) is 1. The van der Waals surface area contributed by atoms with E-state index in [2.05, 4.69) is 20.9 Å². The molecule has 0 unspecified atom stereocenters. The number of pyridine rings is 1. The molecule has 0 radical (unpaired) electrons. The van der Waals surface area contributed by atoms with Crippen molar-refractivity contribution in [1.82, 2.24) is 9.47 Å². The van der Waals surface area contributed by atoms with E-state index < -0.39 is 11.6 Å². The van der Waals surface area contributed by atoms with Crippen LogP contribution in [0.5, 0.6) is 5.75 Å². The van der Waals surface area contributed by atoms with Crippen molar-refractivity contribution >= 4 is 22.1 Å². The van der Waals surface area contributed by atoms with E-state index in [-0.39, 0.29) is 41.1 Å². The molecular weight excluding hydrogens is 448 g/mol. The number of aromatic nitrogens is 1. The number of ether oxygens (including phenoxy) is 1. The van der Waals surface area contributed by atoms with Gasteiger partial charge in [-0.1, -0.05) is 0 Å². The summed E-state index contributed by atoms with van der Waals surface area (Å²) >= 11 is 3.26. The van der Waals surface area contributed by atoms with Gasteiger partial charge in [0, 0.05) is 42.3 Å². The quantitative estimate of drug-likeness (QED) is 0.679. The fourth-order valence-corrected chi connectivity index (χ4v) is 3.34. The second kappa shape index (κ2) is 9.32. The second-order valence-electron chi connectivity index (χ2n) is 6.53. The summed E-state index contributed by atoms with van der Waals surface area (Å²) in [6.07, 6.45) is 3.55. The van der Waals surface area contributed by atoms with Crippen molar-refractivity contribution in [3.05, 3.63) is 73.9 Å². The van der Waals surface area contributed by atoms with Crippen molar-refractivity contribution < 1.29 is 18.6 Å². The van der Waals surface area contributed by atoms with Gasteiger partial charge in [0.1, 0.15) is 28.5 Å². The molecule has 1 aliphatic heterocycles. The van der Waals surface area contributed by atoms with Crippen LogP contribution in [-0.4, -0.2) is 40.5 Å². The van der Waals surface area contributed by atoms with Gasteiger partial charge in [-0.3, -0.25) is 9.79 Å². The van der Waals surface area contributed by atoms with Crippen LogP contribution in [0.25, 0.3) is 0 Å². The third-order valence-electron chi connectivity index (χ3n) is 4.43. The average molecular weight is 468 g/mol. The Hall–Kier alpha value is -2.52. The van der Waals surface area contributed by atoms with Crippen LogP contribution in [0.1, 0.15) is 11.3 Å². The number of benzene rings is 1. The normalized spacial score (nSPS) is 13.6. The first kappa shape index (κ1) is 21.2. The summed E-state index contributed by atoms with van der Waals surface area (Å²) in [6.45, 7) is 3.00. The molecule has 1 aliphatic rings. The number of aliphatic hydroxyl groups is 1. The lowest BCUT2D eigenvalue weighted by atomic mass is 10.2. The Morgan fingerprint density at radius 3 is 2.83 bits per heavy atom. The largest absolute Gasteiger partial charge is 0.487 e. The molecule has 3 rings (SSSR count). The first-order valence-electron chi connectivity index (χ1n) is 8.94. The number of β-amino-alcohol motifs (C(OH)–C–C–N with tert-alkyl or cyclic N) is 1. The minimum absolute atomic E-state index is 0.0306. The summed E-state index contributed by atoms with van der Waals surface area (Å²) in [5, 5.41) is 9.08. The fraction of sp³-hybridized carbons (Fsp3) is 0.300. The Morgan fingerprint density at radius 2 is 2.10 bits per heavy atom. The molecule has 6 nitrogen and oxygen atoms in total. The number of allylic oxidation sites excluding steroid dienone is 1. The number of hydrogen-bond acceptors (Lipinski definition) is 5. The first-order valence-corrected chi connectivity index (χ1v) is 9.73. The van der Waals surface area contributed by atoms with Gasteiger partial charge in [0.25, 0.3) is 5.56 Å².